The van der Waals surface area contributed by atoms with E-state index < -0.39 is 0 Å². The molecule has 0 aliphatic heterocycles. The molecule has 1 nitrogen and oxygen atoms in total. The van der Waals surface area contributed by atoms with Crippen LogP contribution in [0.5, 0.6) is 0 Å². The predicted molar refractivity (Wildman–Crippen MR) is 53.2 cm³/mol. The minimum Gasteiger partial charge on any atom is -0.330 e. The topological polar surface area (TPSA) is 26.0 Å². The highest BCUT2D eigenvalue weighted by molar-refractivity contribution is 8.00. The first kappa shape index (κ1) is 8.14. The first-order valence-corrected chi connectivity index (χ1v) is 5.20. The molecule has 1 aromatic carbocycles. The van der Waals surface area contributed by atoms with Gasteiger partial charge in [-0.3, -0.25) is 0 Å². The number of thioether (sulfide) groups is 1. The Morgan fingerprint density at radius 3 is 2.67 bits per heavy atom. The zero-order valence-corrected chi connectivity index (χ0v) is 7.76. The van der Waals surface area contributed by atoms with Gasteiger partial charge in [-0.2, -0.15) is 0 Å². The minimum absolute atomic E-state index is 0.773. The molecule has 0 saturated heterocycles. The fourth-order valence-electron chi connectivity index (χ4n) is 1.29. The molecule has 1 aliphatic carbocycles. The zero-order chi connectivity index (χ0) is 8.39. The van der Waals surface area contributed by atoms with Gasteiger partial charge in [0.2, 0.25) is 0 Å². The second kappa shape index (κ2) is 3.50. The van der Waals surface area contributed by atoms with Gasteiger partial charge < -0.3 is 5.73 Å². The van der Waals surface area contributed by atoms with Crippen LogP contribution in [0.4, 0.5) is 0 Å². The Hall–Kier alpha value is -0.470. The number of benzene rings is 1. The lowest BCUT2D eigenvalue weighted by atomic mass is 10.4. The Morgan fingerprint density at radius 2 is 2.08 bits per heavy atom. The first-order valence-electron chi connectivity index (χ1n) is 4.32. The van der Waals surface area contributed by atoms with Gasteiger partial charge >= 0.3 is 0 Å². The zero-order valence-electron chi connectivity index (χ0n) is 6.94. The molecule has 0 aromatic heterocycles. The van der Waals surface area contributed by atoms with Crippen molar-refractivity contribution in [3.05, 3.63) is 30.3 Å². The molecule has 1 aromatic rings. The highest BCUT2D eigenvalue weighted by atomic mass is 32.2. The maximum Gasteiger partial charge on any atom is 0.0139 e. The van der Waals surface area contributed by atoms with Gasteiger partial charge in [-0.15, -0.1) is 11.8 Å². The van der Waals surface area contributed by atoms with Crippen LogP contribution in [0.15, 0.2) is 35.2 Å². The summed E-state index contributed by atoms with van der Waals surface area (Å²) in [6.07, 6.45) is 1.30. The molecular formula is C10H13NS. The fraction of sp³-hybridized carbons (Fsp3) is 0.400. The second-order valence-corrected chi connectivity index (χ2v) is 4.51. The van der Waals surface area contributed by atoms with Crippen molar-refractivity contribution in [2.75, 3.05) is 6.54 Å². The van der Waals surface area contributed by atoms with Crippen LogP contribution in [-0.4, -0.2) is 11.8 Å². The molecule has 2 rings (SSSR count). The van der Waals surface area contributed by atoms with Crippen molar-refractivity contribution >= 4 is 11.8 Å². The molecule has 0 heterocycles. The van der Waals surface area contributed by atoms with E-state index in [0.717, 1.165) is 17.7 Å². The lowest BCUT2D eigenvalue weighted by Gasteiger charge is -1.98. The molecule has 2 N–H and O–H groups in total. The van der Waals surface area contributed by atoms with Gasteiger partial charge in [-0.25, -0.2) is 0 Å². The van der Waals surface area contributed by atoms with Crippen molar-refractivity contribution in [2.45, 2.75) is 16.6 Å². The number of hydrogen-bond acceptors (Lipinski definition) is 2. The van der Waals surface area contributed by atoms with Crippen molar-refractivity contribution in [1.82, 2.24) is 0 Å². The van der Waals surface area contributed by atoms with Crippen molar-refractivity contribution in [1.29, 1.82) is 0 Å². The van der Waals surface area contributed by atoms with Crippen LogP contribution < -0.4 is 5.73 Å². The average Bonchev–Trinajstić information content (AvgIpc) is 2.85. The van der Waals surface area contributed by atoms with Gasteiger partial charge in [-0.05, 0) is 31.0 Å². The summed E-state index contributed by atoms with van der Waals surface area (Å²) in [5, 5.41) is 0.789. The first-order chi connectivity index (χ1) is 5.90. The Balaban J connectivity index is 1.89. The van der Waals surface area contributed by atoms with E-state index in [-0.39, 0.29) is 0 Å². The third kappa shape index (κ3) is 1.82. The minimum atomic E-state index is 0.773. The van der Waals surface area contributed by atoms with E-state index in [1.807, 2.05) is 11.8 Å². The molecule has 0 amide bonds. The SMILES string of the molecule is NCC1CC1Sc1ccccc1. The molecule has 2 unspecified atom stereocenters. The van der Waals surface area contributed by atoms with E-state index in [0.29, 0.717) is 0 Å². The van der Waals surface area contributed by atoms with Gasteiger partial charge in [-0.1, -0.05) is 18.2 Å². The summed E-state index contributed by atoms with van der Waals surface area (Å²) in [4.78, 5) is 1.37. The lowest BCUT2D eigenvalue weighted by Crippen LogP contribution is -2.02. The summed E-state index contributed by atoms with van der Waals surface area (Å²) < 4.78 is 0. The molecule has 2 heteroatoms. The maximum atomic E-state index is 5.56. The van der Waals surface area contributed by atoms with Crippen molar-refractivity contribution < 1.29 is 0 Å². The summed E-state index contributed by atoms with van der Waals surface area (Å²) in [6.45, 7) is 0.852. The number of hydrogen-bond donors (Lipinski definition) is 1. The molecule has 0 radical (unpaired) electrons. The Kier molecular flexibility index (Phi) is 2.38. The Labute approximate surface area is 77.3 Å². The number of rotatable bonds is 3. The highest BCUT2D eigenvalue weighted by Gasteiger charge is 2.36. The fourth-order valence-corrected chi connectivity index (χ4v) is 2.60. The van der Waals surface area contributed by atoms with Crippen LogP contribution in [0, 0.1) is 5.92 Å². The van der Waals surface area contributed by atoms with Crippen molar-refractivity contribution in [3.8, 4) is 0 Å². The second-order valence-electron chi connectivity index (χ2n) is 3.20. The van der Waals surface area contributed by atoms with Gasteiger partial charge in [0.05, 0.1) is 0 Å². The lowest BCUT2D eigenvalue weighted by molar-refractivity contribution is 0.851. The monoisotopic (exact) mass is 179 g/mol. The molecule has 0 bridgehead atoms. The molecule has 2 atom stereocenters. The quantitative estimate of drug-likeness (QED) is 0.769. The van der Waals surface area contributed by atoms with Crippen molar-refractivity contribution in [3.63, 3.8) is 0 Å². The molecule has 64 valence electrons. The van der Waals surface area contributed by atoms with Crippen LogP contribution in [0.2, 0.25) is 0 Å². The summed E-state index contributed by atoms with van der Waals surface area (Å²) >= 11 is 1.96. The third-order valence-electron chi connectivity index (χ3n) is 2.19. The third-order valence-corrected chi connectivity index (χ3v) is 3.62. The van der Waals surface area contributed by atoms with Gasteiger partial charge in [0.1, 0.15) is 0 Å². The highest BCUT2D eigenvalue weighted by Crippen LogP contribution is 2.44. The predicted octanol–water partition coefficient (Wildman–Crippen LogP) is 2.13. The normalized spacial score (nSPS) is 27.1. The molecular weight excluding hydrogens is 166 g/mol. The van der Waals surface area contributed by atoms with E-state index in [2.05, 4.69) is 30.3 Å². The Morgan fingerprint density at radius 1 is 1.33 bits per heavy atom. The molecule has 1 saturated carbocycles. The van der Waals surface area contributed by atoms with Gasteiger partial charge in [0.15, 0.2) is 0 Å². The smallest absolute Gasteiger partial charge is 0.0139 e. The van der Waals surface area contributed by atoms with E-state index >= 15 is 0 Å². The molecule has 1 fully saturated rings. The van der Waals surface area contributed by atoms with Crippen LogP contribution in [0.1, 0.15) is 6.42 Å². The standard InChI is InChI=1S/C10H13NS/c11-7-8-6-10(8)12-9-4-2-1-3-5-9/h1-5,8,10H,6-7,11H2. The summed E-state index contributed by atoms with van der Waals surface area (Å²) in [5.74, 6) is 0.773. The van der Waals surface area contributed by atoms with E-state index in [4.69, 9.17) is 5.73 Å². The summed E-state index contributed by atoms with van der Waals surface area (Å²) in [7, 11) is 0. The summed E-state index contributed by atoms with van der Waals surface area (Å²) in [5.41, 5.74) is 5.56. The van der Waals surface area contributed by atoms with E-state index in [1.54, 1.807) is 0 Å². The molecule has 0 spiro atoms. The van der Waals surface area contributed by atoms with E-state index in [1.165, 1.54) is 11.3 Å². The van der Waals surface area contributed by atoms with Gasteiger partial charge in [0, 0.05) is 10.1 Å². The van der Waals surface area contributed by atoms with Gasteiger partial charge in [0.25, 0.3) is 0 Å². The number of nitrogens with two attached hydrogens (primary N) is 1. The molecule has 1 aliphatic rings. The largest absolute Gasteiger partial charge is 0.330 e. The van der Waals surface area contributed by atoms with Crippen LogP contribution in [0.25, 0.3) is 0 Å². The van der Waals surface area contributed by atoms with E-state index in [9.17, 15) is 0 Å². The average molecular weight is 179 g/mol. The van der Waals surface area contributed by atoms with Crippen molar-refractivity contribution in [2.24, 2.45) is 11.7 Å². The van der Waals surface area contributed by atoms with Crippen LogP contribution in [0.3, 0.4) is 0 Å². The maximum absolute atomic E-state index is 5.56. The Bertz CT molecular complexity index is 247. The summed E-state index contributed by atoms with van der Waals surface area (Å²) in [6, 6.07) is 10.6. The van der Waals surface area contributed by atoms with Crippen LogP contribution >= 0.6 is 11.8 Å². The molecule has 12 heavy (non-hydrogen) atoms. The van der Waals surface area contributed by atoms with Crippen LogP contribution in [-0.2, 0) is 0 Å².